The van der Waals surface area contributed by atoms with Crippen LogP contribution in [0.3, 0.4) is 0 Å². The number of urea groups is 1. The summed E-state index contributed by atoms with van der Waals surface area (Å²) in [5.41, 5.74) is 1.57. The Labute approximate surface area is 195 Å². The summed E-state index contributed by atoms with van der Waals surface area (Å²) in [7, 11) is 0. The molecule has 1 saturated heterocycles. The number of halogens is 3. The van der Waals surface area contributed by atoms with E-state index in [1.165, 1.54) is 0 Å². The maximum Gasteiger partial charge on any atom is 0.416 e. The predicted octanol–water partition coefficient (Wildman–Crippen LogP) is 6.35. The maximum absolute atomic E-state index is 13.2. The van der Waals surface area contributed by atoms with Crippen LogP contribution in [0.4, 0.5) is 29.3 Å². The van der Waals surface area contributed by atoms with Gasteiger partial charge in [-0.3, -0.25) is 9.69 Å². The van der Waals surface area contributed by atoms with Crippen LogP contribution in [0.2, 0.25) is 0 Å². The predicted molar refractivity (Wildman–Crippen MR) is 125 cm³/mol. The van der Waals surface area contributed by atoms with E-state index in [-0.39, 0.29) is 17.6 Å². The number of anilines is 2. The fourth-order valence-electron chi connectivity index (χ4n) is 3.99. The minimum atomic E-state index is -4.45. The minimum Gasteiger partial charge on any atom is -0.322 e. The lowest BCUT2D eigenvalue weighted by Gasteiger charge is -2.39. The summed E-state index contributed by atoms with van der Waals surface area (Å²) >= 11 is 0. The van der Waals surface area contributed by atoms with Crippen molar-refractivity contribution in [3.63, 3.8) is 0 Å². The molecule has 0 unspecified atom stereocenters. The molecule has 4 rings (SSSR count). The van der Waals surface area contributed by atoms with Crippen molar-refractivity contribution in [2.75, 3.05) is 23.3 Å². The highest BCUT2D eigenvalue weighted by Gasteiger charge is 2.31. The van der Waals surface area contributed by atoms with E-state index in [9.17, 15) is 22.8 Å². The topological polar surface area (TPSA) is 52.6 Å². The Bertz CT molecular complexity index is 1150. The fourth-order valence-corrected chi connectivity index (χ4v) is 3.99. The molecule has 1 aliphatic heterocycles. The van der Waals surface area contributed by atoms with E-state index >= 15 is 0 Å². The molecule has 34 heavy (non-hydrogen) atoms. The highest BCUT2D eigenvalue weighted by molar-refractivity contribution is 6.04. The second-order valence-electron chi connectivity index (χ2n) is 8.14. The summed E-state index contributed by atoms with van der Waals surface area (Å²) in [6.45, 7) is 3.28. The van der Waals surface area contributed by atoms with E-state index in [0.29, 0.717) is 24.5 Å². The molecule has 176 valence electrons. The number of amides is 3. The van der Waals surface area contributed by atoms with Gasteiger partial charge in [-0.1, -0.05) is 30.3 Å². The van der Waals surface area contributed by atoms with Crippen LogP contribution in [0.15, 0.2) is 78.9 Å². The second kappa shape index (κ2) is 9.59. The number of rotatable bonds is 5. The van der Waals surface area contributed by atoms with E-state index < -0.39 is 17.6 Å². The molecular weight excluding hydrogens is 443 g/mol. The van der Waals surface area contributed by atoms with E-state index in [1.54, 1.807) is 29.2 Å². The van der Waals surface area contributed by atoms with Gasteiger partial charge in [-0.2, -0.15) is 13.2 Å². The van der Waals surface area contributed by atoms with Crippen molar-refractivity contribution in [3.8, 4) is 0 Å². The molecule has 0 aliphatic carbocycles. The number of nitrogens with zero attached hydrogens (tertiary/aromatic N) is 2. The van der Waals surface area contributed by atoms with E-state index in [2.05, 4.69) is 5.32 Å². The van der Waals surface area contributed by atoms with Crippen molar-refractivity contribution in [3.05, 3.63) is 95.6 Å². The number of hydrogen-bond donors (Lipinski definition) is 1. The van der Waals surface area contributed by atoms with Crippen molar-refractivity contribution in [1.82, 2.24) is 4.90 Å². The molecule has 1 aliphatic rings. The van der Waals surface area contributed by atoms with Gasteiger partial charge in [-0.25, -0.2) is 4.79 Å². The molecule has 1 heterocycles. The smallest absolute Gasteiger partial charge is 0.322 e. The lowest BCUT2D eigenvalue weighted by atomic mass is 10.1. The van der Waals surface area contributed by atoms with Crippen LogP contribution in [0, 0.1) is 0 Å². The van der Waals surface area contributed by atoms with Crippen LogP contribution < -0.4 is 10.2 Å². The minimum absolute atomic E-state index is 0.0567. The quantitative estimate of drug-likeness (QED) is 0.475. The number of carbonyl (C=O) groups excluding carboxylic acids is 2. The summed E-state index contributed by atoms with van der Waals surface area (Å²) in [6.07, 6.45) is -3.62. The number of nitrogens with one attached hydrogen (secondary N) is 1. The molecule has 0 bridgehead atoms. The third-order valence-electron chi connectivity index (χ3n) is 5.92. The van der Waals surface area contributed by atoms with E-state index in [0.717, 1.165) is 36.2 Å². The molecule has 3 aromatic carbocycles. The van der Waals surface area contributed by atoms with Gasteiger partial charge >= 0.3 is 12.2 Å². The van der Waals surface area contributed by atoms with Gasteiger partial charge < -0.3 is 10.2 Å². The van der Waals surface area contributed by atoms with Gasteiger partial charge in [0.15, 0.2) is 0 Å². The molecule has 0 spiro atoms. The fraction of sp³-hybridized carbons (Fsp3) is 0.231. The lowest BCUT2D eigenvalue weighted by molar-refractivity contribution is -0.137. The van der Waals surface area contributed by atoms with Crippen molar-refractivity contribution >= 4 is 23.3 Å². The number of carbonyl (C=O) groups is 2. The van der Waals surface area contributed by atoms with Crippen molar-refractivity contribution in [1.29, 1.82) is 0 Å². The average molecular weight is 467 g/mol. The largest absolute Gasteiger partial charge is 0.416 e. The monoisotopic (exact) mass is 467 g/mol. The molecule has 3 aromatic rings. The summed E-state index contributed by atoms with van der Waals surface area (Å²) in [4.78, 5) is 29.2. The van der Waals surface area contributed by atoms with Crippen LogP contribution in [0.25, 0.3) is 0 Å². The molecule has 3 amide bonds. The summed E-state index contributed by atoms with van der Waals surface area (Å²) in [5, 5.41) is 2.67. The molecule has 1 N–H and O–H groups in total. The van der Waals surface area contributed by atoms with Crippen LogP contribution in [-0.2, 0) is 6.18 Å². The SMILES string of the molecule is C[C@H](c1ccccc1)N1CCCN(c2ccc(NC(=O)c3ccc(C(F)(F)F)cc3)cc2)C1=O. The van der Waals surface area contributed by atoms with Gasteiger partial charge in [0.2, 0.25) is 0 Å². The second-order valence-corrected chi connectivity index (χ2v) is 8.14. The van der Waals surface area contributed by atoms with Crippen LogP contribution >= 0.6 is 0 Å². The number of alkyl halides is 3. The molecule has 0 saturated carbocycles. The number of hydrogen-bond acceptors (Lipinski definition) is 2. The standard InChI is InChI=1S/C26H24F3N3O2/c1-18(19-6-3-2-4-7-19)31-16-5-17-32(25(31)34)23-14-12-22(13-15-23)30-24(33)20-8-10-21(11-9-20)26(27,28)29/h2-4,6-15,18H,5,16-17H2,1H3,(H,30,33)/t18-/m1/s1. The van der Waals surface area contributed by atoms with Gasteiger partial charge in [-0.05, 0) is 67.4 Å². The third-order valence-corrected chi connectivity index (χ3v) is 5.92. The van der Waals surface area contributed by atoms with Crippen molar-refractivity contribution in [2.45, 2.75) is 25.6 Å². The first-order chi connectivity index (χ1) is 16.2. The van der Waals surface area contributed by atoms with Crippen molar-refractivity contribution < 1.29 is 22.8 Å². The first-order valence-electron chi connectivity index (χ1n) is 11.0. The maximum atomic E-state index is 13.2. The Morgan fingerprint density at radius 2 is 1.56 bits per heavy atom. The highest BCUT2D eigenvalue weighted by Crippen LogP contribution is 2.30. The van der Waals surface area contributed by atoms with E-state index in [4.69, 9.17) is 0 Å². The molecule has 0 radical (unpaired) electrons. The molecule has 1 atom stereocenters. The summed E-state index contributed by atoms with van der Waals surface area (Å²) in [6, 6.07) is 20.6. The lowest BCUT2D eigenvalue weighted by Crippen LogP contribution is -2.50. The molecule has 0 aromatic heterocycles. The average Bonchev–Trinajstić information content (AvgIpc) is 2.84. The van der Waals surface area contributed by atoms with Gasteiger partial charge in [0.1, 0.15) is 0 Å². The Kier molecular flexibility index (Phi) is 6.58. The summed E-state index contributed by atoms with van der Waals surface area (Å²) in [5.74, 6) is -0.515. The molecule has 5 nitrogen and oxygen atoms in total. The highest BCUT2D eigenvalue weighted by atomic mass is 19.4. The van der Waals surface area contributed by atoms with Crippen LogP contribution in [0.1, 0.15) is 40.9 Å². The van der Waals surface area contributed by atoms with Crippen molar-refractivity contribution in [2.24, 2.45) is 0 Å². The van der Waals surface area contributed by atoms with Gasteiger partial charge in [0, 0.05) is 30.0 Å². The normalized spacial score (nSPS) is 15.2. The number of benzene rings is 3. The van der Waals surface area contributed by atoms with Crippen LogP contribution in [-0.4, -0.2) is 29.9 Å². The zero-order valence-corrected chi connectivity index (χ0v) is 18.5. The van der Waals surface area contributed by atoms with Gasteiger partial charge in [0.05, 0.1) is 11.6 Å². The zero-order valence-electron chi connectivity index (χ0n) is 18.5. The van der Waals surface area contributed by atoms with Crippen LogP contribution in [0.5, 0.6) is 0 Å². The zero-order chi connectivity index (χ0) is 24.3. The Morgan fingerprint density at radius 3 is 2.18 bits per heavy atom. The van der Waals surface area contributed by atoms with E-state index in [1.807, 2.05) is 42.2 Å². The Hall–Kier alpha value is -3.81. The summed E-state index contributed by atoms with van der Waals surface area (Å²) < 4.78 is 38.1. The molecule has 1 fully saturated rings. The first kappa shape index (κ1) is 23.4. The van der Waals surface area contributed by atoms with Gasteiger partial charge in [0.25, 0.3) is 5.91 Å². The van der Waals surface area contributed by atoms with Gasteiger partial charge in [-0.15, -0.1) is 0 Å². The molecular formula is C26H24F3N3O2. The first-order valence-corrected chi connectivity index (χ1v) is 11.0. The third kappa shape index (κ3) is 5.06. The molecule has 8 heteroatoms. The Balaban J connectivity index is 1.42. The Morgan fingerprint density at radius 1 is 0.912 bits per heavy atom.